The van der Waals surface area contributed by atoms with Crippen LogP contribution in [0, 0.1) is 23.4 Å². The molecule has 3 nitrogen and oxygen atoms in total. The maximum absolute atomic E-state index is 14.8. The van der Waals surface area contributed by atoms with Crippen molar-refractivity contribution in [1.82, 2.24) is 0 Å². The van der Waals surface area contributed by atoms with Crippen LogP contribution in [0.1, 0.15) is 26.7 Å². The minimum atomic E-state index is -1.02. The third-order valence-corrected chi connectivity index (χ3v) is 5.83. The molecule has 174 valence electrons. The average molecular weight is 457 g/mol. The topological polar surface area (TPSA) is 27.7 Å². The van der Waals surface area contributed by atoms with Crippen LogP contribution in [0.3, 0.4) is 0 Å². The molecule has 3 aromatic carbocycles. The summed E-state index contributed by atoms with van der Waals surface area (Å²) in [5, 5.41) is 0. The molecule has 2 unspecified atom stereocenters. The molecule has 3 aromatic rings. The van der Waals surface area contributed by atoms with Gasteiger partial charge in [-0.2, -0.15) is 4.39 Å². The van der Waals surface area contributed by atoms with E-state index in [2.05, 4.69) is 6.92 Å². The summed E-state index contributed by atoms with van der Waals surface area (Å²) in [5.41, 5.74) is 1.63. The van der Waals surface area contributed by atoms with Gasteiger partial charge in [0, 0.05) is 23.8 Å². The maximum Gasteiger partial charge on any atom is 0.201 e. The van der Waals surface area contributed by atoms with Gasteiger partial charge in [0.25, 0.3) is 0 Å². The minimum Gasteiger partial charge on any atom is -0.491 e. The van der Waals surface area contributed by atoms with Crippen LogP contribution in [0.15, 0.2) is 54.6 Å². The summed E-state index contributed by atoms with van der Waals surface area (Å²) in [7, 11) is 0. The molecular formula is C27H27F3O3. The highest BCUT2D eigenvalue weighted by Crippen LogP contribution is 2.32. The van der Waals surface area contributed by atoms with E-state index in [4.69, 9.17) is 14.2 Å². The first kappa shape index (κ1) is 23.2. The lowest BCUT2D eigenvalue weighted by Gasteiger charge is -2.26. The van der Waals surface area contributed by atoms with E-state index in [1.165, 1.54) is 18.2 Å². The van der Waals surface area contributed by atoms with Gasteiger partial charge in [-0.3, -0.25) is 0 Å². The molecule has 1 aliphatic rings. The number of hydrogen-bond donors (Lipinski definition) is 0. The molecule has 1 fully saturated rings. The van der Waals surface area contributed by atoms with Crippen LogP contribution in [0.5, 0.6) is 11.5 Å². The molecule has 4 rings (SSSR count). The lowest BCUT2D eigenvalue weighted by atomic mass is 9.99. The summed E-state index contributed by atoms with van der Waals surface area (Å²) < 4.78 is 60.0. The van der Waals surface area contributed by atoms with Gasteiger partial charge < -0.3 is 14.2 Å². The standard InChI is InChI=1S/C27H27F3O3/c1-3-31-25-13-12-23(26(29)27(25)30)19-7-5-18(6-8-19)22-11-10-20(14-24(22)28)33-16-21-9-4-17(2)15-32-21/h5-8,10-14,17,21H,3-4,9,15-16H2,1-2H3. The Bertz CT molecular complexity index is 1090. The molecule has 0 amide bonds. The maximum atomic E-state index is 14.8. The Morgan fingerprint density at radius 2 is 1.55 bits per heavy atom. The van der Waals surface area contributed by atoms with E-state index in [-0.39, 0.29) is 24.0 Å². The van der Waals surface area contributed by atoms with E-state index >= 15 is 0 Å². The Morgan fingerprint density at radius 1 is 0.848 bits per heavy atom. The zero-order valence-corrected chi connectivity index (χ0v) is 18.7. The molecule has 6 heteroatoms. The zero-order valence-electron chi connectivity index (χ0n) is 18.7. The van der Waals surface area contributed by atoms with Crippen LogP contribution < -0.4 is 9.47 Å². The molecule has 1 aliphatic heterocycles. The lowest BCUT2D eigenvalue weighted by Crippen LogP contribution is -2.29. The highest BCUT2D eigenvalue weighted by Gasteiger charge is 2.20. The van der Waals surface area contributed by atoms with Crippen molar-refractivity contribution in [1.29, 1.82) is 0 Å². The average Bonchev–Trinajstić information content (AvgIpc) is 2.82. The van der Waals surface area contributed by atoms with E-state index in [1.54, 1.807) is 43.3 Å². The fourth-order valence-electron chi connectivity index (χ4n) is 3.93. The first-order chi connectivity index (χ1) is 16.0. The SMILES string of the molecule is CCOc1ccc(-c2ccc(-c3ccc(OCC4CCC(C)CO4)cc3F)cc2)c(F)c1F. The van der Waals surface area contributed by atoms with Crippen molar-refractivity contribution in [3.05, 3.63) is 72.0 Å². The summed E-state index contributed by atoms with van der Waals surface area (Å²) >= 11 is 0. The number of rotatable bonds is 7. The van der Waals surface area contributed by atoms with Crippen molar-refractivity contribution in [3.63, 3.8) is 0 Å². The smallest absolute Gasteiger partial charge is 0.201 e. The molecule has 0 bridgehead atoms. The quantitative estimate of drug-likeness (QED) is 0.382. The van der Waals surface area contributed by atoms with Gasteiger partial charge in [0.05, 0.1) is 12.7 Å². The third-order valence-electron chi connectivity index (χ3n) is 5.83. The Morgan fingerprint density at radius 3 is 2.18 bits per heavy atom. The van der Waals surface area contributed by atoms with E-state index in [0.29, 0.717) is 35.0 Å². The summed E-state index contributed by atoms with van der Waals surface area (Å²) in [6.45, 7) is 5.22. The van der Waals surface area contributed by atoms with E-state index in [1.807, 2.05) is 0 Å². The zero-order chi connectivity index (χ0) is 23.4. The summed E-state index contributed by atoms with van der Waals surface area (Å²) in [5.74, 6) is -1.52. The molecule has 33 heavy (non-hydrogen) atoms. The molecule has 2 atom stereocenters. The van der Waals surface area contributed by atoms with Crippen molar-refractivity contribution in [2.75, 3.05) is 19.8 Å². The van der Waals surface area contributed by atoms with Crippen molar-refractivity contribution >= 4 is 0 Å². The highest BCUT2D eigenvalue weighted by atomic mass is 19.2. The number of ether oxygens (including phenoxy) is 3. The number of halogens is 3. The van der Waals surface area contributed by atoms with Crippen LogP contribution in [-0.4, -0.2) is 25.9 Å². The van der Waals surface area contributed by atoms with Crippen LogP contribution in [-0.2, 0) is 4.74 Å². The van der Waals surface area contributed by atoms with E-state index in [9.17, 15) is 13.2 Å². The summed E-state index contributed by atoms with van der Waals surface area (Å²) in [6.07, 6.45) is 2.07. The van der Waals surface area contributed by atoms with Crippen LogP contribution in [0.4, 0.5) is 13.2 Å². The van der Waals surface area contributed by atoms with Crippen LogP contribution in [0.25, 0.3) is 22.3 Å². The predicted octanol–water partition coefficient (Wildman–Crippen LogP) is 7.03. The molecule has 1 heterocycles. The predicted molar refractivity (Wildman–Crippen MR) is 122 cm³/mol. The first-order valence-corrected chi connectivity index (χ1v) is 11.2. The largest absolute Gasteiger partial charge is 0.491 e. The second kappa shape index (κ2) is 10.3. The molecule has 0 aromatic heterocycles. The van der Waals surface area contributed by atoms with Gasteiger partial charge >= 0.3 is 0 Å². The molecule has 1 saturated heterocycles. The second-order valence-corrected chi connectivity index (χ2v) is 8.34. The van der Waals surface area contributed by atoms with Gasteiger partial charge in [-0.15, -0.1) is 0 Å². The van der Waals surface area contributed by atoms with E-state index in [0.717, 1.165) is 19.4 Å². The molecular weight excluding hydrogens is 429 g/mol. The Balaban J connectivity index is 1.46. The van der Waals surface area contributed by atoms with Crippen molar-refractivity contribution in [3.8, 4) is 33.8 Å². The molecule has 0 aliphatic carbocycles. The van der Waals surface area contributed by atoms with Crippen molar-refractivity contribution in [2.24, 2.45) is 5.92 Å². The molecule has 0 radical (unpaired) electrons. The summed E-state index contributed by atoms with van der Waals surface area (Å²) in [6, 6.07) is 14.2. The monoisotopic (exact) mass is 456 g/mol. The van der Waals surface area contributed by atoms with Crippen molar-refractivity contribution in [2.45, 2.75) is 32.8 Å². The second-order valence-electron chi connectivity index (χ2n) is 8.34. The molecule has 0 N–H and O–H groups in total. The lowest BCUT2D eigenvalue weighted by molar-refractivity contribution is -0.0333. The normalized spacial score (nSPS) is 18.2. The van der Waals surface area contributed by atoms with E-state index < -0.39 is 17.5 Å². The van der Waals surface area contributed by atoms with Gasteiger partial charge in [-0.25, -0.2) is 8.78 Å². The number of hydrogen-bond acceptors (Lipinski definition) is 3. The third kappa shape index (κ3) is 5.33. The summed E-state index contributed by atoms with van der Waals surface area (Å²) in [4.78, 5) is 0. The van der Waals surface area contributed by atoms with Gasteiger partial charge in [0.15, 0.2) is 11.6 Å². The Hall–Kier alpha value is -2.99. The van der Waals surface area contributed by atoms with Crippen molar-refractivity contribution < 1.29 is 27.4 Å². The van der Waals surface area contributed by atoms with Crippen LogP contribution in [0.2, 0.25) is 0 Å². The number of benzene rings is 3. The first-order valence-electron chi connectivity index (χ1n) is 11.2. The molecule has 0 saturated carbocycles. The Kier molecular flexibility index (Phi) is 7.23. The van der Waals surface area contributed by atoms with Gasteiger partial charge in [0.2, 0.25) is 5.82 Å². The highest BCUT2D eigenvalue weighted by molar-refractivity contribution is 5.71. The minimum absolute atomic E-state index is 0.0318. The van der Waals surface area contributed by atoms with Gasteiger partial charge in [-0.1, -0.05) is 31.2 Å². The fraction of sp³-hybridized carbons (Fsp3) is 0.333. The van der Waals surface area contributed by atoms with Gasteiger partial charge in [0.1, 0.15) is 18.2 Å². The molecule has 0 spiro atoms. The van der Waals surface area contributed by atoms with Gasteiger partial charge in [-0.05, 0) is 61.1 Å². The Labute approximate surface area is 192 Å². The van der Waals surface area contributed by atoms with Crippen LogP contribution >= 0.6 is 0 Å². The fourth-order valence-corrected chi connectivity index (χ4v) is 3.93.